The molecular weight excluding hydrogens is 247 g/mol. The maximum atomic E-state index is 11.1. The number of hydrogen-bond donors (Lipinski definition) is 0. The van der Waals surface area contributed by atoms with Crippen molar-refractivity contribution in [3.05, 3.63) is 0 Å². The zero-order chi connectivity index (χ0) is 9.23. The van der Waals surface area contributed by atoms with Crippen molar-refractivity contribution in [1.82, 2.24) is 0 Å². The van der Waals surface area contributed by atoms with Gasteiger partial charge in [0.05, 0.1) is 0 Å². The normalized spacial score (nSPS) is 9.38. The van der Waals surface area contributed by atoms with Crippen LogP contribution in [-0.2, 0) is 16.5 Å². The third-order valence-electron chi connectivity index (χ3n) is 1.44. The van der Waals surface area contributed by atoms with E-state index in [9.17, 15) is 4.79 Å². The van der Waals surface area contributed by atoms with Crippen LogP contribution in [0.3, 0.4) is 0 Å². The quantitative estimate of drug-likeness (QED) is 0.530. The Kier molecular flexibility index (Phi) is 16.1. The van der Waals surface area contributed by atoms with Gasteiger partial charge in [-0.15, -0.1) is 0 Å². The largest absolute Gasteiger partial charge is 2.00 e. The second-order valence-electron chi connectivity index (χ2n) is 2.65. The van der Waals surface area contributed by atoms with Crippen molar-refractivity contribution < 1.29 is 21.3 Å². The first-order chi connectivity index (χ1) is 5.81. The van der Waals surface area contributed by atoms with Gasteiger partial charge in [0.25, 0.3) is 0 Å². The van der Waals surface area contributed by atoms with Gasteiger partial charge in [0.15, 0.2) is 0 Å². The molecule has 0 rings (SSSR count). The van der Waals surface area contributed by atoms with Crippen LogP contribution in [0.25, 0.3) is 0 Å². The summed E-state index contributed by atoms with van der Waals surface area (Å²) >= 11 is 2.95. The molecule has 0 aromatic rings. The van der Waals surface area contributed by atoms with Gasteiger partial charge in [-0.25, -0.2) is 0 Å². The number of carbonyl (C=O) groups excluding carboxylic acids is 1. The van der Waals surface area contributed by atoms with Gasteiger partial charge in [-0.1, -0.05) is 50.2 Å². The molecule has 0 saturated heterocycles. The summed E-state index contributed by atoms with van der Waals surface area (Å²) in [6.45, 7) is 4.30. The third kappa shape index (κ3) is 12.9. The fraction of sp³-hybridized carbons (Fsp3) is 0.889. The molecule has 4 heteroatoms. The van der Waals surface area contributed by atoms with Gasteiger partial charge in [-0.05, 0) is 12.8 Å². The smallest absolute Gasteiger partial charge is 0.274 e. The number of thioether (sulfide) groups is 2. The standard InChI is InChI=1S/C9H18OS2.Ni/c1-3-5-7-11-9(10)12-8-6-4-2;/h3-8H2,1-2H3;/q;+2. The molecule has 0 aromatic carbocycles. The molecule has 0 unspecified atom stereocenters. The van der Waals surface area contributed by atoms with E-state index in [-0.39, 0.29) is 16.5 Å². The summed E-state index contributed by atoms with van der Waals surface area (Å²) in [6.07, 6.45) is 4.68. The second-order valence-corrected chi connectivity index (χ2v) is 5.05. The van der Waals surface area contributed by atoms with E-state index in [1.807, 2.05) is 0 Å². The average molecular weight is 265 g/mol. The second kappa shape index (κ2) is 12.9. The summed E-state index contributed by atoms with van der Waals surface area (Å²) in [4.78, 5) is 11.1. The van der Waals surface area contributed by atoms with E-state index < -0.39 is 0 Å². The monoisotopic (exact) mass is 264 g/mol. The minimum absolute atomic E-state index is 0. The van der Waals surface area contributed by atoms with E-state index in [4.69, 9.17) is 0 Å². The first kappa shape index (κ1) is 16.3. The Morgan fingerprint density at radius 3 is 1.69 bits per heavy atom. The first-order valence-electron chi connectivity index (χ1n) is 4.60. The van der Waals surface area contributed by atoms with Crippen LogP contribution in [0.4, 0.5) is 4.79 Å². The van der Waals surface area contributed by atoms with Crippen LogP contribution in [0.15, 0.2) is 0 Å². The summed E-state index contributed by atoms with van der Waals surface area (Å²) in [7, 11) is 0. The van der Waals surface area contributed by atoms with Crippen molar-refractivity contribution in [2.24, 2.45) is 0 Å². The van der Waals surface area contributed by atoms with Crippen molar-refractivity contribution >= 4 is 28.0 Å². The summed E-state index contributed by atoms with van der Waals surface area (Å²) in [5.41, 5.74) is 0. The molecule has 0 fully saturated rings. The van der Waals surface area contributed by atoms with E-state index in [1.54, 1.807) is 0 Å². The number of rotatable bonds is 6. The molecule has 0 radical (unpaired) electrons. The van der Waals surface area contributed by atoms with Gasteiger partial charge in [0.2, 0.25) is 4.45 Å². The molecule has 13 heavy (non-hydrogen) atoms. The van der Waals surface area contributed by atoms with Crippen molar-refractivity contribution in [3.63, 3.8) is 0 Å². The van der Waals surface area contributed by atoms with E-state index >= 15 is 0 Å². The van der Waals surface area contributed by atoms with Gasteiger partial charge in [-0.3, -0.25) is 4.79 Å². The van der Waals surface area contributed by atoms with Crippen LogP contribution >= 0.6 is 23.5 Å². The molecule has 0 atom stereocenters. The van der Waals surface area contributed by atoms with Crippen molar-refractivity contribution in [1.29, 1.82) is 0 Å². The Hall–Kier alpha value is 0.864. The number of unbranched alkanes of at least 4 members (excludes halogenated alkanes) is 2. The summed E-state index contributed by atoms with van der Waals surface area (Å²) in [5, 5.41) is 0. The molecule has 0 bridgehead atoms. The zero-order valence-corrected chi connectivity index (χ0v) is 10.9. The van der Waals surface area contributed by atoms with Gasteiger partial charge in [-0.2, -0.15) is 0 Å². The Bertz CT molecular complexity index is 108. The number of hydrogen-bond acceptors (Lipinski definition) is 3. The van der Waals surface area contributed by atoms with Crippen LogP contribution in [-0.4, -0.2) is 16.0 Å². The van der Waals surface area contributed by atoms with Crippen molar-refractivity contribution in [2.75, 3.05) is 11.5 Å². The number of carbonyl (C=O) groups is 1. The maximum Gasteiger partial charge on any atom is 2.00 e. The van der Waals surface area contributed by atoms with E-state index in [0.29, 0.717) is 4.45 Å². The molecule has 0 spiro atoms. The van der Waals surface area contributed by atoms with E-state index in [2.05, 4.69) is 13.8 Å². The summed E-state index contributed by atoms with van der Waals surface area (Å²) < 4.78 is 0.303. The predicted molar refractivity (Wildman–Crippen MR) is 60.1 cm³/mol. The van der Waals surface area contributed by atoms with Crippen LogP contribution in [0.5, 0.6) is 0 Å². The van der Waals surface area contributed by atoms with Crippen LogP contribution < -0.4 is 0 Å². The SMILES string of the molecule is CCCCSC(=O)SCCCC.[Ni+2]. The van der Waals surface area contributed by atoms with E-state index in [1.165, 1.54) is 36.4 Å². The Morgan fingerprint density at radius 1 is 1.00 bits per heavy atom. The Morgan fingerprint density at radius 2 is 1.38 bits per heavy atom. The topological polar surface area (TPSA) is 17.1 Å². The van der Waals surface area contributed by atoms with Crippen LogP contribution in [0.1, 0.15) is 39.5 Å². The molecule has 0 aliphatic heterocycles. The first-order valence-corrected chi connectivity index (χ1v) is 6.58. The van der Waals surface area contributed by atoms with Crippen molar-refractivity contribution in [3.8, 4) is 0 Å². The van der Waals surface area contributed by atoms with Gasteiger partial charge < -0.3 is 0 Å². The van der Waals surface area contributed by atoms with Gasteiger partial charge in [0.1, 0.15) is 0 Å². The molecule has 0 N–H and O–H groups in total. The molecule has 0 aliphatic carbocycles. The predicted octanol–water partition coefficient (Wildman–Crippen LogP) is 4.17. The molecule has 0 saturated carbocycles. The summed E-state index contributed by atoms with van der Waals surface area (Å²) in [6, 6.07) is 0. The molecule has 0 aliphatic rings. The van der Waals surface area contributed by atoms with Crippen molar-refractivity contribution in [2.45, 2.75) is 39.5 Å². The molecular formula is C9H18NiOS2+2. The fourth-order valence-electron chi connectivity index (χ4n) is 0.641. The van der Waals surface area contributed by atoms with Gasteiger partial charge >= 0.3 is 16.5 Å². The van der Waals surface area contributed by atoms with Gasteiger partial charge in [0, 0.05) is 11.5 Å². The van der Waals surface area contributed by atoms with Crippen LogP contribution in [0, 0.1) is 0 Å². The minimum atomic E-state index is 0. The molecule has 0 heterocycles. The van der Waals surface area contributed by atoms with Crippen LogP contribution in [0.2, 0.25) is 0 Å². The zero-order valence-electron chi connectivity index (χ0n) is 8.28. The summed E-state index contributed by atoms with van der Waals surface area (Å²) in [5.74, 6) is 1.99. The molecule has 0 amide bonds. The maximum absolute atomic E-state index is 11.1. The molecule has 1 nitrogen and oxygen atoms in total. The fourth-order valence-corrected chi connectivity index (χ4v) is 2.67. The Labute approximate surface area is 100 Å². The minimum Gasteiger partial charge on any atom is -0.274 e. The Balaban J connectivity index is 0. The molecule has 80 valence electrons. The average Bonchev–Trinajstić information content (AvgIpc) is 2.06. The molecule has 0 aromatic heterocycles. The third-order valence-corrected chi connectivity index (χ3v) is 3.60. The van der Waals surface area contributed by atoms with E-state index in [0.717, 1.165) is 24.3 Å².